The van der Waals surface area contributed by atoms with Crippen LogP contribution in [-0.2, 0) is 0 Å². The zero-order valence-corrected chi connectivity index (χ0v) is 4.63. The summed E-state index contributed by atoms with van der Waals surface area (Å²) in [4.78, 5) is 0. The Kier molecular flexibility index (Phi) is 5.58. The van der Waals surface area contributed by atoms with Gasteiger partial charge in [-0.3, -0.25) is 0 Å². The van der Waals surface area contributed by atoms with Gasteiger partial charge in [-0.25, -0.2) is 0 Å². The molecule has 0 fully saturated rings. The molecule has 0 bridgehead atoms. The van der Waals surface area contributed by atoms with Crippen molar-refractivity contribution in [2.45, 2.75) is 6.42 Å². The van der Waals surface area contributed by atoms with Crippen molar-refractivity contribution in [1.29, 1.82) is 0 Å². The van der Waals surface area contributed by atoms with Gasteiger partial charge < -0.3 is 5.73 Å². The Morgan fingerprint density at radius 3 is 2.50 bits per heavy atom. The van der Waals surface area contributed by atoms with Crippen LogP contribution in [0.15, 0.2) is 0 Å². The molecule has 1 nitrogen and oxygen atoms in total. The number of rotatable bonds is 3. The molecule has 0 saturated heterocycles. The maximum Gasteiger partial charge on any atom is 0.0392 e. The lowest BCUT2D eigenvalue weighted by Crippen LogP contribution is -1.92. The Morgan fingerprint density at radius 2 is 2.33 bits per heavy atom. The molecule has 2 N–H and O–H groups in total. The summed E-state index contributed by atoms with van der Waals surface area (Å²) in [5.41, 5.74) is 5.15. The molecule has 0 unspecified atom stereocenters. The molecule has 0 heterocycles. The first kappa shape index (κ1) is 6.31. The molecule has 0 aromatic heterocycles. The zero-order valence-electron chi connectivity index (χ0n) is 3.81. The third-order valence-corrected chi connectivity index (χ3v) is 1.22. The number of hydrogen-bond donors (Lipinski definition) is 1. The highest BCUT2D eigenvalue weighted by Gasteiger charge is 1.75. The topological polar surface area (TPSA) is 26.0 Å². The largest absolute Gasteiger partial charge is 0.322 e. The molecule has 0 atom stereocenters. The fourth-order valence-corrected chi connectivity index (χ4v) is 0.556. The molecule has 0 aliphatic heterocycles. The Balaban J connectivity index is 2.34. The minimum Gasteiger partial charge on any atom is -0.322 e. The van der Waals surface area contributed by atoms with Crippen molar-refractivity contribution in [2.24, 2.45) is 5.73 Å². The van der Waals surface area contributed by atoms with Gasteiger partial charge in [-0.1, -0.05) is 6.92 Å². The van der Waals surface area contributed by atoms with E-state index in [0.717, 1.165) is 18.1 Å². The Hall–Kier alpha value is 0.310. The fourth-order valence-electron chi connectivity index (χ4n) is 0.185. The van der Waals surface area contributed by atoms with Crippen molar-refractivity contribution in [3.05, 3.63) is 6.92 Å². The van der Waals surface area contributed by atoms with Crippen molar-refractivity contribution >= 4 is 11.8 Å². The maximum atomic E-state index is 5.15. The smallest absolute Gasteiger partial charge is 0.0392 e. The summed E-state index contributed by atoms with van der Waals surface area (Å²) in [6.07, 6.45) is 0.988. The van der Waals surface area contributed by atoms with E-state index in [0.29, 0.717) is 0 Å². The monoisotopic (exact) mass is 104 g/mol. The standard InChI is InChI=1S/C4H10NS/c1-2-3-6-4-5/h1-5H2. The van der Waals surface area contributed by atoms with Crippen molar-refractivity contribution in [3.8, 4) is 0 Å². The van der Waals surface area contributed by atoms with E-state index in [-0.39, 0.29) is 0 Å². The van der Waals surface area contributed by atoms with E-state index >= 15 is 0 Å². The average molecular weight is 104 g/mol. The zero-order chi connectivity index (χ0) is 4.83. The first-order valence-electron chi connectivity index (χ1n) is 1.99. The predicted molar refractivity (Wildman–Crippen MR) is 31.5 cm³/mol. The van der Waals surface area contributed by atoms with Crippen LogP contribution >= 0.6 is 11.8 Å². The lowest BCUT2D eigenvalue weighted by atomic mass is 10.6. The molecule has 0 aliphatic carbocycles. The van der Waals surface area contributed by atoms with E-state index in [2.05, 4.69) is 6.92 Å². The molecule has 0 rings (SSSR count). The highest BCUT2D eigenvalue weighted by atomic mass is 32.2. The van der Waals surface area contributed by atoms with Gasteiger partial charge in [0.2, 0.25) is 0 Å². The normalized spacial score (nSPS) is 9.00. The second-order valence-corrected chi connectivity index (χ2v) is 2.08. The van der Waals surface area contributed by atoms with Crippen LogP contribution in [0.25, 0.3) is 0 Å². The fraction of sp³-hybridized carbons (Fsp3) is 0.750. The highest BCUT2D eigenvalue weighted by Crippen LogP contribution is 1.94. The molecule has 2 heteroatoms. The van der Waals surface area contributed by atoms with Crippen LogP contribution in [0.3, 0.4) is 0 Å². The van der Waals surface area contributed by atoms with Crippen molar-refractivity contribution in [2.75, 3.05) is 11.6 Å². The van der Waals surface area contributed by atoms with Gasteiger partial charge in [0.05, 0.1) is 0 Å². The molecular formula is C4H10NS. The highest BCUT2D eigenvalue weighted by molar-refractivity contribution is 7.99. The van der Waals surface area contributed by atoms with Gasteiger partial charge >= 0.3 is 0 Å². The Bertz CT molecular complexity index is 19.5. The summed E-state index contributed by atoms with van der Waals surface area (Å²) >= 11 is 1.72. The van der Waals surface area contributed by atoms with E-state index < -0.39 is 0 Å². The van der Waals surface area contributed by atoms with Crippen LogP contribution in [0.1, 0.15) is 6.42 Å². The second-order valence-electron chi connectivity index (χ2n) is 0.928. The number of nitrogens with two attached hydrogens (primary N) is 1. The predicted octanol–water partition coefficient (Wildman–Crippen LogP) is 0.860. The SMILES string of the molecule is [CH2]CCSCN. The summed E-state index contributed by atoms with van der Waals surface area (Å²) in [6.45, 7) is 3.65. The molecular weight excluding hydrogens is 94.1 g/mol. The molecule has 6 heavy (non-hydrogen) atoms. The van der Waals surface area contributed by atoms with E-state index in [1.807, 2.05) is 0 Å². The van der Waals surface area contributed by atoms with Crippen molar-refractivity contribution in [3.63, 3.8) is 0 Å². The van der Waals surface area contributed by atoms with Crippen LogP contribution in [0.5, 0.6) is 0 Å². The quantitative estimate of drug-likeness (QED) is 0.424. The maximum absolute atomic E-state index is 5.15. The van der Waals surface area contributed by atoms with Gasteiger partial charge in [0.15, 0.2) is 0 Å². The summed E-state index contributed by atoms with van der Waals surface area (Å²) in [6, 6.07) is 0. The summed E-state index contributed by atoms with van der Waals surface area (Å²) in [7, 11) is 0. The van der Waals surface area contributed by atoms with E-state index in [4.69, 9.17) is 5.73 Å². The van der Waals surface area contributed by atoms with Gasteiger partial charge in [0, 0.05) is 5.88 Å². The second kappa shape index (κ2) is 5.31. The Morgan fingerprint density at radius 1 is 1.67 bits per heavy atom. The minimum absolute atomic E-state index is 0.732. The van der Waals surface area contributed by atoms with E-state index in [1.165, 1.54) is 0 Å². The first-order valence-corrected chi connectivity index (χ1v) is 3.14. The molecule has 0 saturated carbocycles. The summed E-state index contributed by atoms with van der Waals surface area (Å²) < 4.78 is 0. The molecule has 0 amide bonds. The van der Waals surface area contributed by atoms with Crippen LogP contribution in [-0.4, -0.2) is 11.6 Å². The van der Waals surface area contributed by atoms with Crippen molar-refractivity contribution in [1.82, 2.24) is 0 Å². The van der Waals surface area contributed by atoms with Gasteiger partial charge in [0.25, 0.3) is 0 Å². The number of thioether (sulfide) groups is 1. The van der Waals surface area contributed by atoms with E-state index in [9.17, 15) is 0 Å². The van der Waals surface area contributed by atoms with E-state index in [1.54, 1.807) is 11.8 Å². The third kappa shape index (κ3) is 4.31. The molecule has 1 radical (unpaired) electrons. The van der Waals surface area contributed by atoms with Crippen LogP contribution in [0.2, 0.25) is 0 Å². The van der Waals surface area contributed by atoms with Gasteiger partial charge in [-0.05, 0) is 12.2 Å². The first-order chi connectivity index (χ1) is 2.91. The lowest BCUT2D eigenvalue weighted by Gasteiger charge is -1.87. The summed E-state index contributed by atoms with van der Waals surface area (Å²) in [5, 5.41) is 0. The number of hydrogen-bond acceptors (Lipinski definition) is 2. The molecule has 0 aromatic rings. The molecule has 0 aliphatic rings. The van der Waals surface area contributed by atoms with Gasteiger partial charge in [-0.2, -0.15) is 0 Å². The van der Waals surface area contributed by atoms with Crippen LogP contribution in [0.4, 0.5) is 0 Å². The molecule has 0 aromatic carbocycles. The average Bonchev–Trinajstić information content (AvgIpc) is 1.61. The Labute approximate surface area is 43.3 Å². The van der Waals surface area contributed by atoms with Gasteiger partial charge in [-0.15, -0.1) is 11.8 Å². The third-order valence-electron chi connectivity index (χ3n) is 0.407. The van der Waals surface area contributed by atoms with Gasteiger partial charge in [0.1, 0.15) is 0 Å². The van der Waals surface area contributed by atoms with Crippen LogP contribution < -0.4 is 5.73 Å². The summed E-state index contributed by atoms with van der Waals surface area (Å²) in [5.74, 6) is 1.83. The van der Waals surface area contributed by atoms with Crippen LogP contribution in [0, 0.1) is 6.92 Å². The molecule has 37 valence electrons. The lowest BCUT2D eigenvalue weighted by molar-refractivity contribution is 1.23. The minimum atomic E-state index is 0.732. The molecule has 0 spiro atoms. The van der Waals surface area contributed by atoms with Crippen molar-refractivity contribution < 1.29 is 0 Å².